The molecule has 0 aliphatic carbocycles. The third-order valence-corrected chi connectivity index (χ3v) is 3.07. The van der Waals surface area contributed by atoms with E-state index in [0.29, 0.717) is 25.2 Å². The van der Waals surface area contributed by atoms with Crippen LogP contribution in [0.1, 0.15) is 13.3 Å². The van der Waals surface area contributed by atoms with Gasteiger partial charge in [0.15, 0.2) is 0 Å². The first-order chi connectivity index (χ1) is 9.99. The van der Waals surface area contributed by atoms with Gasteiger partial charge in [0, 0.05) is 19.3 Å². The number of benzene rings is 1. The van der Waals surface area contributed by atoms with Crippen molar-refractivity contribution in [1.82, 2.24) is 10.6 Å². The highest BCUT2D eigenvalue weighted by atomic mass is 19.1. The first-order valence-electron chi connectivity index (χ1n) is 6.74. The van der Waals surface area contributed by atoms with Crippen molar-refractivity contribution in [2.75, 3.05) is 25.0 Å². The van der Waals surface area contributed by atoms with Crippen LogP contribution in [0.15, 0.2) is 24.3 Å². The Labute approximate surface area is 123 Å². The predicted octanol–water partition coefficient (Wildman–Crippen LogP) is 0.825. The number of rotatable bonds is 6. The largest absolute Gasteiger partial charge is 0.360 e. The minimum absolute atomic E-state index is 0.347. The molecule has 0 aromatic heterocycles. The van der Waals surface area contributed by atoms with Crippen molar-refractivity contribution in [3.63, 3.8) is 0 Å². The van der Waals surface area contributed by atoms with E-state index in [1.54, 1.807) is 24.0 Å². The Bertz CT molecular complexity index is 478. The zero-order valence-electron chi connectivity index (χ0n) is 12.2. The highest BCUT2D eigenvalue weighted by Gasteiger charge is 2.22. The average molecular weight is 296 g/mol. The molecule has 0 aliphatic rings. The lowest BCUT2D eigenvalue weighted by Crippen LogP contribution is -2.49. The number of nitrogens with one attached hydrogen (secondary N) is 2. The Kier molecular flexibility index (Phi) is 6.61. The van der Waals surface area contributed by atoms with E-state index in [0.717, 1.165) is 0 Å². The second-order valence-electron chi connectivity index (χ2n) is 4.56. The number of imide groups is 1. The van der Waals surface area contributed by atoms with Gasteiger partial charge in [0.1, 0.15) is 11.9 Å². The van der Waals surface area contributed by atoms with Crippen LogP contribution in [0.3, 0.4) is 0 Å². The summed E-state index contributed by atoms with van der Waals surface area (Å²) in [5.74, 6) is -0.782. The minimum atomic E-state index is -0.584. The molecule has 4 N–H and O–H groups in total. The number of nitrogens with zero attached hydrogens (tertiary/aromatic N) is 1. The minimum Gasteiger partial charge on any atom is -0.360 e. The molecule has 1 rings (SSSR count). The van der Waals surface area contributed by atoms with Gasteiger partial charge in [0.25, 0.3) is 0 Å². The van der Waals surface area contributed by atoms with Crippen LogP contribution in [0, 0.1) is 5.82 Å². The van der Waals surface area contributed by atoms with Crippen LogP contribution in [0.4, 0.5) is 14.9 Å². The second-order valence-corrected chi connectivity index (χ2v) is 4.56. The van der Waals surface area contributed by atoms with Gasteiger partial charge in [-0.25, -0.2) is 9.18 Å². The SMILES string of the molecule is CNC(=O)NC(=O)C(C)N(CCCN)c1ccc(F)cc1. The van der Waals surface area contributed by atoms with Crippen LogP contribution < -0.4 is 21.3 Å². The van der Waals surface area contributed by atoms with Gasteiger partial charge in [-0.2, -0.15) is 0 Å². The normalized spacial score (nSPS) is 11.6. The maximum Gasteiger partial charge on any atom is 0.321 e. The first kappa shape index (κ1) is 16.9. The lowest BCUT2D eigenvalue weighted by Gasteiger charge is -2.30. The maximum absolute atomic E-state index is 13.0. The quantitative estimate of drug-likeness (QED) is 0.725. The first-order valence-corrected chi connectivity index (χ1v) is 6.74. The molecule has 0 spiro atoms. The summed E-state index contributed by atoms with van der Waals surface area (Å²) < 4.78 is 13.0. The number of urea groups is 1. The van der Waals surface area contributed by atoms with Crippen LogP contribution in [0.2, 0.25) is 0 Å². The fraction of sp³-hybridized carbons (Fsp3) is 0.429. The van der Waals surface area contributed by atoms with E-state index in [9.17, 15) is 14.0 Å². The van der Waals surface area contributed by atoms with E-state index >= 15 is 0 Å². The zero-order valence-corrected chi connectivity index (χ0v) is 12.2. The van der Waals surface area contributed by atoms with Crippen LogP contribution in [0.5, 0.6) is 0 Å². The van der Waals surface area contributed by atoms with Crippen LogP contribution in [0.25, 0.3) is 0 Å². The fourth-order valence-electron chi connectivity index (χ4n) is 1.86. The number of nitrogens with two attached hydrogens (primary N) is 1. The monoisotopic (exact) mass is 296 g/mol. The molecule has 0 saturated heterocycles. The number of carbonyl (C=O) groups is 2. The average Bonchev–Trinajstić information content (AvgIpc) is 2.48. The van der Waals surface area contributed by atoms with Crippen molar-refractivity contribution in [2.45, 2.75) is 19.4 Å². The molecule has 0 fully saturated rings. The highest BCUT2D eigenvalue weighted by Crippen LogP contribution is 2.18. The van der Waals surface area contributed by atoms with Crippen molar-refractivity contribution >= 4 is 17.6 Å². The Morgan fingerprint density at radius 1 is 1.33 bits per heavy atom. The van der Waals surface area contributed by atoms with Gasteiger partial charge >= 0.3 is 6.03 Å². The van der Waals surface area contributed by atoms with Gasteiger partial charge in [-0.3, -0.25) is 10.1 Å². The third kappa shape index (κ3) is 5.03. The van der Waals surface area contributed by atoms with Crippen molar-refractivity contribution < 1.29 is 14.0 Å². The number of anilines is 1. The molecule has 6 nitrogen and oxygen atoms in total. The number of hydrogen-bond donors (Lipinski definition) is 3. The summed E-state index contributed by atoms with van der Waals surface area (Å²) in [4.78, 5) is 25.0. The summed E-state index contributed by atoms with van der Waals surface area (Å²) in [6, 6.07) is 4.69. The molecule has 0 bridgehead atoms. The lowest BCUT2D eigenvalue weighted by atomic mass is 10.2. The number of halogens is 1. The third-order valence-electron chi connectivity index (χ3n) is 3.07. The topological polar surface area (TPSA) is 87.5 Å². The van der Waals surface area contributed by atoms with E-state index < -0.39 is 18.0 Å². The standard InChI is InChI=1S/C14H21FN4O2/c1-10(13(20)18-14(21)17-2)19(9-3-8-16)12-6-4-11(15)5-7-12/h4-7,10H,3,8-9,16H2,1-2H3,(H2,17,18,20,21). The summed E-state index contributed by atoms with van der Waals surface area (Å²) >= 11 is 0. The van der Waals surface area contributed by atoms with Crippen LogP contribution >= 0.6 is 0 Å². The van der Waals surface area contributed by atoms with E-state index in [1.807, 2.05) is 0 Å². The van der Waals surface area contributed by atoms with Crippen molar-refractivity contribution in [3.05, 3.63) is 30.1 Å². The molecule has 0 radical (unpaired) electrons. The lowest BCUT2D eigenvalue weighted by molar-refractivity contribution is -0.121. The summed E-state index contributed by atoms with van der Waals surface area (Å²) in [5, 5.41) is 4.55. The fourth-order valence-corrected chi connectivity index (χ4v) is 1.86. The maximum atomic E-state index is 13.0. The van der Waals surface area contributed by atoms with Gasteiger partial charge in [-0.1, -0.05) is 0 Å². The van der Waals surface area contributed by atoms with Crippen LogP contribution in [-0.4, -0.2) is 38.1 Å². The second kappa shape index (κ2) is 8.21. The molecule has 0 aliphatic heterocycles. The molecule has 116 valence electrons. The summed E-state index contributed by atoms with van der Waals surface area (Å²) in [6.45, 7) is 2.68. The van der Waals surface area contributed by atoms with Gasteiger partial charge in [0.05, 0.1) is 0 Å². The smallest absolute Gasteiger partial charge is 0.321 e. The van der Waals surface area contributed by atoms with E-state index in [-0.39, 0.29) is 5.82 Å². The molecule has 1 aromatic carbocycles. The molecule has 0 saturated carbocycles. The molecule has 21 heavy (non-hydrogen) atoms. The van der Waals surface area contributed by atoms with Gasteiger partial charge in [0.2, 0.25) is 5.91 Å². The summed E-state index contributed by atoms with van der Waals surface area (Å²) in [5.41, 5.74) is 6.20. The van der Waals surface area contributed by atoms with Gasteiger partial charge in [-0.15, -0.1) is 0 Å². The predicted molar refractivity (Wildman–Crippen MR) is 79.5 cm³/mol. The van der Waals surface area contributed by atoms with E-state index in [2.05, 4.69) is 10.6 Å². The summed E-state index contributed by atoms with van der Waals surface area (Å²) in [6.07, 6.45) is 0.676. The summed E-state index contributed by atoms with van der Waals surface area (Å²) in [7, 11) is 1.43. The Hall–Kier alpha value is -2.15. The molecule has 1 aromatic rings. The van der Waals surface area contributed by atoms with E-state index in [4.69, 9.17) is 5.73 Å². The highest BCUT2D eigenvalue weighted by molar-refractivity contribution is 5.98. The molecule has 3 amide bonds. The Morgan fingerprint density at radius 2 is 1.95 bits per heavy atom. The molecular weight excluding hydrogens is 275 g/mol. The van der Waals surface area contributed by atoms with Gasteiger partial charge < -0.3 is 16.0 Å². The number of amides is 3. The van der Waals surface area contributed by atoms with Crippen molar-refractivity contribution in [3.8, 4) is 0 Å². The molecule has 7 heteroatoms. The van der Waals surface area contributed by atoms with Gasteiger partial charge in [-0.05, 0) is 44.2 Å². The zero-order chi connectivity index (χ0) is 15.8. The molecule has 1 atom stereocenters. The molecule has 0 heterocycles. The molecular formula is C14H21FN4O2. The van der Waals surface area contributed by atoms with E-state index in [1.165, 1.54) is 19.2 Å². The van der Waals surface area contributed by atoms with Crippen LogP contribution in [-0.2, 0) is 4.79 Å². The van der Waals surface area contributed by atoms with Crippen molar-refractivity contribution in [1.29, 1.82) is 0 Å². The Morgan fingerprint density at radius 3 is 2.48 bits per heavy atom. The Balaban J connectivity index is 2.87. The molecule has 1 unspecified atom stereocenters. The van der Waals surface area contributed by atoms with Crippen molar-refractivity contribution in [2.24, 2.45) is 5.73 Å². The number of hydrogen-bond acceptors (Lipinski definition) is 4. The number of carbonyl (C=O) groups excluding carboxylic acids is 2.